The fraction of sp³-hybridized carbons (Fsp3) is 0. The molecule has 2 N–H and O–H groups in total. The van der Waals surface area contributed by atoms with Gasteiger partial charge in [0, 0.05) is 18.2 Å². The zero-order chi connectivity index (χ0) is 14.9. The highest BCUT2D eigenvalue weighted by atomic mass is 32.2. The normalized spacial score (nSPS) is 11.3. The molecule has 0 bridgehead atoms. The third-order valence-electron chi connectivity index (χ3n) is 2.36. The van der Waals surface area contributed by atoms with Crippen LogP contribution in [0.25, 0.3) is 0 Å². The van der Waals surface area contributed by atoms with E-state index in [1.165, 1.54) is 18.2 Å². The lowest BCUT2D eigenvalue weighted by molar-refractivity contribution is 0.448. The van der Waals surface area contributed by atoms with Crippen LogP contribution < -0.4 is 4.72 Å². The van der Waals surface area contributed by atoms with Crippen LogP contribution in [0.4, 0.5) is 18.9 Å². The van der Waals surface area contributed by atoms with E-state index in [-0.39, 0.29) is 10.6 Å². The van der Waals surface area contributed by atoms with Gasteiger partial charge < -0.3 is 5.11 Å². The minimum absolute atomic E-state index is 0.288. The summed E-state index contributed by atoms with van der Waals surface area (Å²) >= 11 is 0. The van der Waals surface area contributed by atoms with E-state index in [1.54, 1.807) is 0 Å². The largest absolute Gasteiger partial charge is 0.508 e. The van der Waals surface area contributed by atoms with E-state index in [1.807, 2.05) is 4.72 Å². The maximum absolute atomic E-state index is 13.0. The second-order valence-electron chi connectivity index (χ2n) is 3.86. The van der Waals surface area contributed by atoms with E-state index < -0.39 is 33.2 Å². The summed E-state index contributed by atoms with van der Waals surface area (Å²) in [7, 11) is -4.15. The second kappa shape index (κ2) is 5.04. The Kier molecular flexibility index (Phi) is 3.58. The number of nitrogens with one attached hydrogen (secondary N) is 1. The molecule has 106 valence electrons. The molecule has 0 amide bonds. The minimum atomic E-state index is -4.15. The average Bonchev–Trinajstić information content (AvgIpc) is 2.35. The van der Waals surface area contributed by atoms with Crippen molar-refractivity contribution in [2.75, 3.05) is 4.72 Å². The SMILES string of the molecule is O=S(=O)(Nc1cc(F)c(F)c(F)c1)c1cccc(O)c1. The molecule has 0 heterocycles. The predicted molar refractivity (Wildman–Crippen MR) is 65.2 cm³/mol. The lowest BCUT2D eigenvalue weighted by Crippen LogP contribution is -2.13. The Morgan fingerprint density at radius 3 is 2.15 bits per heavy atom. The van der Waals surface area contributed by atoms with Gasteiger partial charge in [-0.05, 0) is 12.1 Å². The molecule has 4 nitrogen and oxygen atoms in total. The molecule has 0 aromatic heterocycles. The third kappa shape index (κ3) is 2.85. The van der Waals surface area contributed by atoms with Crippen molar-refractivity contribution < 1.29 is 26.7 Å². The molecule has 0 saturated carbocycles. The summed E-state index contributed by atoms with van der Waals surface area (Å²) in [5.74, 6) is -5.01. The maximum Gasteiger partial charge on any atom is 0.262 e. The van der Waals surface area contributed by atoms with Crippen molar-refractivity contribution in [1.29, 1.82) is 0 Å². The summed E-state index contributed by atoms with van der Waals surface area (Å²) in [5, 5.41) is 9.21. The molecule has 2 aromatic rings. The average molecular weight is 303 g/mol. The van der Waals surface area contributed by atoms with Crippen molar-refractivity contribution in [2.45, 2.75) is 4.90 Å². The van der Waals surface area contributed by atoms with E-state index in [9.17, 15) is 26.7 Å². The monoisotopic (exact) mass is 303 g/mol. The molecule has 0 fully saturated rings. The van der Waals surface area contributed by atoms with Gasteiger partial charge in [-0.2, -0.15) is 0 Å². The second-order valence-corrected chi connectivity index (χ2v) is 5.54. The molecular formula is C12H8F3NO3S. The molecule has 20 heavy (non-hydrogen) atoms. The summed E-state index contributed by atoms with van der Waals surface area (Å²) in [5.41, 5.74) is -0.468. The fourth-order valence-electron chi connectivity index (χ4n) is 1.48. The number of halogens is 3. The number of aromatic hydroxyl groups is 1. The Morgan fingerprint density at radius 1 is 1.00 bits per heavy atom. The molecule has 0 spiro atoms. The summed E-state index contributed by atoms with van der Waals surface area (Å²) in [4.78, 5) is -0.303. The molecule has 0 saturated heterocycles. The van der Waals surface area contributed by atoms with Crippen LogP contribution in [0.15, 0.2) is 41.3 Å². The van der Waals surface area contributed by atoms with Gasteiger partial charge in [-0.1, -0.05) is 6.07 Å². The Balaban J connectivity index is 2.38. The van der Waals surface area contributed by atoms with Gasteiger partial charge in [0.05, 0.1) is 10.6 Å². The van der Waals surface area contributed by atoms with Crippen molar-refractivity contribution >= 4 is 15.7 Å². The van der Waals surface area contributed by atoms with Gasteiger partial charge in [0.1, 0.15) is 5.75 Å². The van der Waals surface area contributed by atoms with Crippen LogP contribution in [0.3, 0.4) is 0 Å². The van der Waals surface area contributed by atoms with E-state index in [4.69, 9.17) is 0 Å². The topological polar surface area (TPSA) is 66.4 Å². The molecule has 2 aromatic carbocycles. The van der Waals surface area contributed by atoms with Crippen LogP contribution in [-0.2, 0) is 10.0 Å². The Hall–Kier alpha value is -2.22. The molecule has 0 unspecified atom stereocenters. The number of phenolic OH excluding ortho intramolecular Hbond substituents is 1. The van der Waals surface area contributed by atoms with Crippen molar-refractivity contribution in [3.63, 3.8) is 0 Å². The van der Waals surface area contributed by atoms with Gasteiger partial charge in [0.2, 0.25) is 0 Å². The number of phenols is 1. The van der Waals surface area contributed by atoms with E-state index in [0.717, 1.165) is 6.07 Å². The van der Waals surface area contributed by atoms with Gasteiger partial charge in [-0.3, -0.25) is 4.72 Å². The summed E-state index contributed by atoms with van der Waals surface area (Å²) in [6, 6.07) is 5.71. The molecule has 0 aliphatic rings. The number of sulfonamides is 1. The number of hydrogen-bond donors (Lipinski definition) is 2. The number of rotatable bonds is 3. The Morgan fingerprint density at radius 2 is 1.60 bits per heavy atom. The zero-order valence-corrected chi connectivity index (χ0v) is 10.6. The van der Waals surface area contributed by atoms with Crippen LogP contribution in [0.1, 0.15) is 0 Å². The Labute approximate surface area is 112 Å². The summed E-state index contributed by atoms with van der Waals surface area (Å²) in [6.07, 6.45) is 0. The molecule has 8 heteroatoms. The lowest BCUT2D eigenvalue weighted by atomic mass is 10.3. The number of hydrogen-bond acceptors (Lipinski definition) is 3. The van der Waals surface area contributed by atoms with Crippen molar-refractivity contribution in [2.24, 2.45) is 0 Å². The van der Waals surface area contributed by atoms with Gasteiger partial charge in [-0.25, -0.2) is 21.6 Å². The van der Waals surface area contributed by atoms with Crippen LogP contribution in [-0.4, -0.2) is 13.5 Å². The first-order valence-electron chi connectivity index (χ1n) is 5.26. The van der Waals surface area contributed by atoms with Gasteiger partial charge in [0.25, 0.3) is 10.0 Å². The van der Waals surface area contributed by atoms with Gasteiger partial charge in [-0.15, -0.1) is 0 Å². The minimum Gasteiger partial charge on any atom is -0.508 e. The molecule has 0 aliphatic heterocycles. The summed E-state index contributed by atoms with van der Waals surface area (Å²) in [6.45, 7) is 0. The molecule has 0 aliphatic carbocycles. The first-order valence-corrected chi connectivity index (χ1v) is 6.74. The first-order chi connectivity index (χ1) is 9.29. The van der Waals surface area contributed by atoms with Gasteiger partial charge in [0.15, 0.2) is 17.5 Å². The highest BCUT2D eigenvalue weighted by Gasteiger charge is 2.17. The highest BCUT2D eigenvalue weighted by molar-refractivity contribution is 7.92. The molecule has 0 atom stereocenters. The smallest absolute Gasteiger partial charge is 0.262 e. The van der Waals surface area contributed by atoms with Crippen LogP contribution >= 0.6 is 0 Å². The standard InChI is InChI=1S/C12H8F3NO3S/c13-10-4-7(5-11(14)12(10)15)16-20(18,19)9-3-1-2-8(17)6-9/h1-6,16-17H. The van der Waals surface area contributed by atoms with E-state index >= 15 is 0 Å². The van der Waals surface area contributed by atoms with E-state index in [0.29, 0.717) is 12.1 Å². The fourth-order valence-corrected chi connectivity index (χ4v) is 2.56. The summed E-state index contributed by atoms with van der Waals surface area (Å²) < 4.78 is 64.4. The molecular weight excluding hydrogens is 295 g/mol. The van der Waals surface area contributed by atoms with Crippen molar-refractivity contribution in [3.8, 4) is 5.75 Å². The van der Waals surface area contributed by atoms with Crippen molar-refractivity contribution in [1.82, 2.24) is 0 Å². The zero-order valence-electron chi connectivity index (χ0n) is 9.77. The van der Waals surface area contributed by atoms with E-state index in [2.05, 4.69) is 0 Å². The predicted octanol–water partition coefficient (Wildman–Crippen LogP) is 2.61. The van der Waals surface area contributed by atoms with Crippen LogP contribution in [0.5, 0.6) is 5.75 Å². The third-order valence-corrected chi connectivity index (χ3v) is 3.74. The Bertz CT molecular complexity index is 739. The maximum atomic E-state index is 13.0. The van der Waals surface area contributed by atoms with Crippen molar-refractivity contribution in [3.05, 3.63) is 53.8 Å². The quantitative estimate of drug-likeness (QED) is 0.857. The number of benzene rings is 2. The molecule has 2 rings (SSSR count). The number of anilines is 1. The van der Waals surface area contributed by atoms with Crippen LogP contribution in [0.2, 0.25) is 0 Å². The highest BCUT2D eigenvalue weighted by Crippen LogP contribution is 2.22. The lowest BCUT2D eigenvalue weighted by Gasteiger charge is -2.09. The van der Waals surface area contributed by atoms with Crippen LogP contribution in [0, 0.1) is 17.5 Å². The molecule has 0 radical (unpaired) electrons. The van der Waals surface area contributed by atoms with Gasteiger partial charge >= 0.3 is 0 Å². The first kappa shape index (κ1) is 14.2.